The van der Waals surface area contributed by atoms with Crippen molar-refractivity contribution in [3.8, 4) is 5.69 Å². The summed E-state index contributed by atoms with van der Waals surface area (Å²) in [6, 6.07) is 8.41. The van der Waals surface area contributed by atoms with Gasteiger partial charge in [-0.25, -0.2) is 0 Å². The number of hydrazone groups is 1. The number of nitrogens with one attached hydrogen (secondary N) is 1. The second-order valence-electron chi connectivity index (χ2n) is 4.67. The van der Waals surface area contributed by atoms with Gasteiger partial charge in [-0.2, -0.15) is 5.10 Å². The van der Waals surface area contributed by atoms with Crippen LogP contribution in [0.1, 0.15) is 17.0 Å². The van der Waals surface area contributed by atoms with Crippen LogP contribution >= 0.6 is 12.2 Å². The molecule has 0 saturated carbocycles. The van der Waals surface area contributed by atoms with Gasteiger partial charge in [-0.05, 0) is 38.2 Å². The Bertz CT molecular complexity index is 767. The largest absolute Gasteiger partial charge is 0.375 e. The molecule has 0 fully saturated rings. The maximum absolute atomic E-state index is 10.9. The highest BCUT2D eigenvalue weighted by Crippen LogP contribution is 2.22. The fourth-order valence-corrected chi connectivity index (χ4v) is 2.28. The monoisotopic (exact) mass is 317 g/mol. The topological polar surface area (TPSA) is 98.5 Å². The third-order valence-corrected chi connectivity index (χ3v) is 3.24. The van der Waals surface area contributed by atoms with E-state index < -0.39 is 4.92 Å². The van der Waals surface area contributed by atoms with Crippen molar-refractivity contribution in [3.05, 3.63) is 57.4 Å². The zero-order chi connectivity index (χ0) is 16.3. The van der Waals surface area contributed by atoms with Crippen molar-refractivity contribution in [1.82, 2.24) is 9.99 Å². The van der Waals surface area contributed by atoms with Gasteiger partial charge in [0.1, 0.15) is 0 Å². The molecule has 0 saturated heterocycles. The number of benzene rings is 1. The van der Waals surface area contributed by atoms with E-state index in [1.54, 1.807) is 12.3 Å². The molecular formula is C14H15N5O2S. The predicted octanol–water partition coefficient (Wildman–Crippen LogP) is 2.17. The lowest BCUT2D eigenvalue weighted by atomic mass is 10.2. The van der Waals surface area contributed by atoms with Crippen molar-refractivity contribution >= 4 is 29.2 Å². The minimum Gasteiger partial charge on any atom is -0.375 e. The maximum atomic E-state index is 10.9. The maximum Gasteiger partial charge on any atom is 0.271 e. The van der Waals surface area contributed by atoms with Gasteiger partial charge in [0.25, 0.3) is 5.69 Å². The highest BCUT2D eigenvalue weighted by molar-refractivity contribution is 7.80. The Labute approximate surface area is 132 Å². The normalized spacial score (nSPS) is 10.8. The van der Waals surface area contributed by atoms with E-state index in [2.05, 4.69) is 22.7 Å². The second-order valence-corrected chi connectivity index (χ2v) is 5.11. The standard InChI is InChI=1S/C14H15N5O2S/c1-9-6-11(8-16-17-14(15)22)10(2)18(9)12-4-3-5-13(7-12)19(20)21/h3-8H,1-2H3,(H3,15,17,22)/b16-8-. The Morgan fingerprint density at radius 1 is 1.45 bits per heavy atom. The van der Waals surface area contributed by atoms with Gasteiger partial charge in [-0.1, -0.05) is 6.07 Å². The Balaban J connectivity index is 2.42. The average Bonchev–Trinajstić information content (AvgIpc) is 2.73. The second kappa shape index (κ2) is 6.35. The molecule has 3 N–H and O–H groups in total. The lowest BCUT2D eigenvalue weighted by molar-refractivity contribution is -0.384. The van der Waals surface area contributed by atoms with Crippen LogP contribution in [0.4, 0.5) is 5.69 Å². The van der Waals surface area contributed by atoms with Gasteiger partial charge in [0, 0.05) is 29.1 Å². The molecule has 22 heavy (non-hydrogen) atoms. The number of nitro groups is 1. The van der Waals surface area contributed by atoms with Gasteiger partial charge in [0.2, 0.25) is 0 Å². The number of hydrogen-bond acceptors (Lipinski definition) is 4. The van der Waals surface area contributed by atoms with Crippen LogP contribution in [0.25, 0.3) is 5.69 Å². The molecular weight excluding hydrogens is 302 g/mol. The smallest absolute Gasteiger partial charge is 0.271 e. The molecule has 0 aliphatic heterocycles. The van der Waals surface area contributed by atoms with Gasteiger partial charge in [-0.15, -0.1) is 0 Å². The summed E-state index contributed by atoms with van der Waals surface area (Å²) in [5, 5.41) is 14.9. The lowest BCUT2D eigenvalue weighted by Gasteiger charge is -2.09. The Morgan fingerprint density at radius 2 is 2.18 bits per heavy atom. The molecule has 0 radical (unpaired) electrons. The highest BCUT2D eigenvalue weighted by atomic mass is 32.1. The van der Waals surface area contributed by atoms with Crippen molar-refractivity contribution in [2.24, 2.45) is 10.8 Å². The van der Waals surface area contributed by atoms with Gasteiger partial charge in [-0.3, -0.25) is 15.5 Å². The van der Waals surface area contributed by atoms with Gasteiger partial charge in [0.05, 0.1) is 16.8 Å². The van der Waals surface area contributed by atoms with Gasteiger partial charge < -0.3 is 10.3 Å². The molecule has 7 nitrogen and oxygen atoms in total. The fourth-order valence-electron chi connectivity index (χ4n) is 2.23. The minimum absolute atomic E-state index is 0.0513. The molecule has 2 rings (SSSR count). The molecule has 0 aliphatic rings. The van der Waals surface area contributed by atoms with Crippen molar-refractivity contribution < 1.29 is 4.92 Å². The van der Waals surface area contributed by atoms with E-state index in [1.165, 1.54) is 12.1 Å². The first-order chi connectivity index (χ1) is 10.4. The molecule has 0 bridgehead atoms. The fraction of sp³-hybridized carbons (Fsp3) is 0.143. The number of nitrogens with two attached hydrogens (primary N) is 1. The summed E-state index contributed by atoms with van der Waals surface area (Å²) in [7, 11) is 0. The van der Waals surface area contributed by atoms with Gasteiger partial charge in [0.15, 0.2) is 5.11 Å². The van der Waals surface area contributed by atoms with Crippen LogP contribution in [0.5, 0.6) is 0 Å². The van der Waals surface area contributed by atoms with Crippen LogP contribution in [-0.4, -0.2) is 20.8 Å². The van der Waals surface area contributed by atoms with Crippen LogP contribution in [0.3, 0.4) is 0 Å². The number of aryl methyl sites for hydroxylation is 1. The summed E-state index contributed by atoms with van der Waals surface area (Å²) >= 11 is 4.67. The third-order valence-electron chi connectivity index (χ3n) is 3.15. The Hall–Kier alpha value is -2.74. The number of nitro benzene ring substituents is 1. The third kappa shape index (κ3) is 3.29. The van der Waals surface area contributed by atoms with Crippen molar-refractivity contribution in [2.45, 2.75) is 13.8 Å². The molecule has 0 amide bonds. The molecule has 2 aromatic rings. The van der Waals surface area contributed by atoms with E-state index in [0.29, 0.717) is 0 Å². The molecule has 1 heterocycles. The minimum atomic E-state index is -0.411. The van der Waals surface area contributed by atoms with E-state index in [9.17, 15) is 10.1 Å². The number of thiocarbonyl (C=S) groups is 1. The zero-order valence-corrected chi connectivity index (χ0v) is 12.9. The Kier molecular flexibility index (Phi) is 4.52. The molecule has 0 unspecified atom stereocenters. The highest BCUT2D eigenvalue weighted by Gasteiger charge is 2.12. The summed E-state index contributed by atoms with van der Waals surface area (Å²) < 4.78 is 1.93. The van der Waals surface area contributed by atoms with E-state index in [4.69, 9.17) is 5.73 Å². The number of aromatic nitrogens is 1. The average molecular weight is 317 g/mol. The predicted molar refractivity (Wildman–Crippen MR) is 89.4 cm³/mol. The first-order valence-corrected chi connectivity index (χ1v) is 6.83. The zero-order valence-electron chi connectivity index (χ0n) is 12.1. The van der Waals surface area contributed by atoms with Crippen LogP contribution < -0.4 is 11.2 Å². The number of non-ortho nitro benzene ring substituents is 1. The molecule has 1 aromatic heterocycles. The molecule has 1 aromatic carbocycles. The number of nitrogens with zero attached hydrogens (tertiary/aromatic N) is 3. The van der Waals surface area contributed by atoms with Crippen molar-refractivity contribution in [3.63, 3.8) is 0 Å². The van der Waals surface area contributed by atoms with Crippen LogP contribution in [0.2, 0.25) is 0 Å². The first kappa shape index (κ1) is 15.6. The van der Waals surface area contributed by atoms with E-state index in [1.807, 2.05) is 30.5 Å². The van der Waals surface area contributed by atoms with Crippen molar-refractivity contribution in [1.29, 1.82) is 0 Å². The quantitative estimate of drug-likeness (QED) is 0.390. The number of hydrogen-bond donors (Lipinski definition) is 2. The van der Waals surface area contributed by atoms with Crippen molar-refractivity contribution in [2.75, 3.05) is 0 Å². The summed E-state index contributed by atoms with van der Waals surface area (Å²) in [5.41, 5.74) is 11.3. The van der Waals surface area contributed by atoms with E-state index in [0.717, 1.165) is 22.6 Å². The lowest BCUT2D eigenvalue weighted by Crippen LogP contribution is -2.24. The Morgan fingerprint density at radius 3 is 2.82 bits per heavy atom. The first-order valence-electron chi connectivity index (χ1n) is 6.42. The summed E-state index contributed by atoms with van der Waals surface area (Å²) in [4.78, 5) is 10.5. The summed E-state index contributed by atoms with van der Waals surface area (Å²) in [6.45, 7) is 3.83. The van der Waals surface area contributed by atoms with Crippen LogP contribution in [0.15, 0.2) is 35.4 Å². The molecule has 0 spiro atoms. The van der Waals surface area contributed by atoms with Crippen LogP contribution in [-0.2, 0) is 0 Å². The van der Waals surface area contributed by atoms with Gasteiger partial charge >= 0.3 is 0 Å². The van der Waals surface area contributed by atoms with Crippen LogP contribution in [0, 0.1) is 24.0 Å². The number of rotatable bonds is 4. The molecule has 114 valence electrons. The molecule has 0 atom stereocenters. The van der Waals surface area contributed by atoms with E-state index in [-0.39, 0.29) is 10.8 Å². The summed E-state index contributed by atoms with van der Waals surface area (Å²) in [5.74, 6) is 0. The summed E-state index contributed by atoms with van der Waals surface area (Å²) in [6.07, 6.45) is 1.61. The molecule has 0 aliphatic carbocycles. The van der Waals surface area contributed by atoms with E-state index >= 15 is 0 Å². The molecule has 8 heteroatoms. The SMILES string of the molecule is Cc1cc(/C=N\NC(N)=S)c(C)n1-c1cccc([N+](=O)[O-])c1.